The lowest BCUT2D eigenvalue weighted by Crippen LogP contribution is -2.00. The van der Waals surface area contributed by atoms with Gasteiger partial charge in [0.15, 0.2) is 0 Å². The molecule has 1 aromatic heterocycles. The predicted octanol–water partition coefficient (Wildman–Crippen LogP) is 1.57. The third-order valence-electron chi connectivity index (χ3n) is 2.54. The zero-order valence-electron chi connectivity index (χ0n) is 10.0. The lowest BCUT2D eigenvalue weighted by atomic mass is 10.2. The van der Waals surface area contributed by atoms with Gasteiger partial charge in [-0.25, -0.2) is 4.98 Å². The molecule has 18 heavy (non-hydrogen) atoms. The third-order valence-corrected chi connectivity index (χ3v) is 2.54. The number of carbonyl (C=O) groups is 1. The molecule has 0 aliphatic heterocycles. The van der Waals surface area contributed by atoms with Crippen molar-refractivity contribution in [3.05, 3.63) is 48.0 Å². The molecule has 1 heterocycles. The lowest BCUT2D eigenvalue weighted by Gasteiger charge is -2.04. The second kappa shape index (κ2) is 5.35. The topological polar surface area (TPSA) is 64.4 Å². The highest BCUT2D eigenvalue weighted by Crippen LogP contribution is 2.12. The van der Waals surface area contributed by atoms with E-state index < -0.39 is 5.97 Å². The normalized spacial score (nSPS) is 10.3. The van der Waals surface area contributed by atoms with E-state index in [2.05, 4.69) is 4.98 Å². The van der Waals surface area contributed by atoms with E-state index in [-0.39, 0.29) is 6.42 Å². The Bertz CT molecular complexity index is 531. The molecule has 0 fully saturated rings. The van der Waals surface area contributed by atoms with Crippen molar-refractivity contribution in [3.63, 3.8) is 0 Å². The highest BCUT2D eigenvalue weighted by Gasteiger charge is 2.04. The number of imidazole rings is 1. The van der Waals surface area contributed by atoms with Crippen LogP contribution in [-0.2, 0) is 17.8 Å². The van der Waals surface area contributed by atoms with Gasteiger partial charge in [-0.05, 0) is 17.7 Å². The summed E-state index contributed by atoms with van der Waals surface area (Å²) in [6.45, 7) is 0.663. The Morgan fingerprint density at radius 3 is 2.72 bits per heavy atom. The van der Waals surface area contributed by atoms with Crippen LogP contribution >= 0.6 is 0 Å². The second-order valence-electron chi connectivity index (χ2n) is 3.96. The Hall–Kier alpha value is -2.30. The molecule has 0 unspecified atom stereocenters. The summed E-state index contributed by atoms with van der Waals surface area (Å²) in [5, 5.41) is 8.66. The molecule has 94 valence electrons. The molecule has 0 atom stereocenters. The zero-order valence-corrected chi connectivity index (χ0v) is 10.0. The first-order valence-corrected chi connectivity index (χ1v) is 5.53. The smallest absolute Gasteiger partial charge is 0.309 e. The van der Waals surface area contributed by atoms with E-state index in [1.807, 2.05) is 28.8 Å². The minimum atomic E-state index is -0.871. The maximum Gasteiger partial charge on any atom is 0.309 e. The molecule has 1 N–H and O–H groups in total. The van der Waals surface area contributed by atoms with Crippen molar-refractivity contribution in [2.24, 2.45) is 0 Å². The molecule has 0 spiro atoms. The fourth-order valence-corrected chi connectivity index (χ4v) is 1.68. The van der Waals surface area contributed by atoms with Crippen LogP contribution in [0.15, 0.2) is 36.8 Å². The number of carboxylic acids is 1. The summed E-state index contributed by atoms with van der Waals surface area (Å²) in [6.07, 6.45) is 3.34. The standard InChI is InChI=1S/C13H14N2O3/c1-18-12-4-2-10(3-5-12)7-15-8-11(14-9-15)6-13(16)17/h2-5,8-9H,6-7H2,1H3,(H,16,17). The van der Waals surface area contributed by atoms with Crippen molar-refractivity contribution >= 4 is 5.97 Å². The average Bonchev–Trinajstić information content (AvgIpc) is 2.76. The van der Waals surface area contributed by atoms with Gasteiger partial charge in [0.25, 0.3) is 0 Å². The summed E-state index contributed by atoms with van der Waals surface area (Å²) in [5.74, 6) is -0.0550. The predicted molar refractivity (Wildman–Crippen MR) is 65.7 cm³/mol. The molecule has 0 amide bonds. The van der Waals surface area contributed by atoms with Gasteiger partial charge in [-0.2, -0.15) is 0 Å². The van der Waals surface area contributed by atoms with Crippen LogP contribution < -0.4 is 4.74 Å². The van der Waals surface area contributed by atoms with Crippen LogP contribution in [0.25, 0.3) is 0 Å². The van der Waals surface area contributed by atoms with Gasteiger partial charge in [0.1, 0.15) is 5.75 Å². The number of hydrogen-bond acceptors (Lipinski definition) is 3. The van der Waals surface area contributed by atoms with E-state index in [4.69, 9.17) is 9.84 Å². The van der Waals surface area contributed by atoms with Crippen LogP contribution in [0.2, 0.25) is 0 Å². The third kappa shape index (κ3) is 3.10. The number of carboxylic acid groups (broad SMARTS) is 1. The molecule has 5 nitrogen and oxygen atoms in total. The van der Waals surface area contributed by atoms with Crippen molar-refractivity contribution < 1.29 is 14.6 Å². The zero-order chi connectivity index (χ0) is 13.0. The van der Waals surface area contributed by atoms with Crippen LogP contribution in [0.3, 0.4) is 0 Å². The van der Waals surface area contributed by atoms with Crippen LogP contribution in [0.5, 0.6) is 5.75 Å². The van der Waals surface area contributed by atoms with Gasteiger partial charge in [-0.1, -0.05) is 12.1 Å². The Balaban J connectivity index is 2.03. The highest BCUT2D eigenvalue weighted by molar-refractivity contribution is 5.69. The van der Waals surface area contributed by atoms with E-state index in [1.54, 1.807) is 19.6 Å². The van der Waals surface area contributed by atoms with Crippen molar-refractivity contribution in [1.82, 2.24) is 9.55 Å². The first kappa shape index (κ1) is 12.2. The van der Waals surface area contributed by atoms with Gasteiger partial charge >= 0.3 is 5.97 Å². The quantitative estimate of drug-likeness (QED) is 0.869. The fourth-order valence-electron chi connectivity index (χ4n) is 1.68. The number of aliphatic carboxylic acids is 1. The molecule has 0 bridgehead atoms. The van der Waals surface area contributed by atoms with E-state index in [1.165, 1.54) is 0 Å². The lowest BCUT2D eigenvalue weighted by molar-refractivity contribution is -0.136. The Morgan fingerprint density at radius 2 is 2.11 bits per heavy atom. The van der Waals surface area contributed by atoms with Crippen LogP contribution in [-0.4, -0.2) is 27.7 Å². The number of methoxy groups -OCH3 is 1. The number of hydrogen-bond donors (Lipinski definition) is 1. The van der Waals surface area contributed by atoms with E-state index in [0.717, 1.165) is 11.3 Å². The first-order chi connectivity index (χ1) is 8.67. The Labute approximate surface area is 105 Å². The SMILES string of the molecule is COc1ccc(Cn2cnc(CC(=O)O)c2)cc1. The molecule has 5 heteroatoms. The molecular formula is C13H14N2O3. The Morgan fingerprint density at radius 1 is 1.39 bits per heavy atom. The minimum absolute atomic E-state index is 0.0460. The summed E-state index contributed by atoms with van der Waals surface area (Å²) in [6, 6.07) is 7.72. The van der Waals surface area contributed by atoms with E-state index in [9.17, 15) is 4.79 Å². The van der Waals surface area contributed by atoms with E-state index in [0.29, 0.717) is 12.2 Å². The molecule has 0 aliphatic rings. The van der Waals surface area contributed by atoms with Gasteiger partial charge in [-0.3, -0.25) is 4.79 Å². The largest absolute Gasteiger partial charge is 0.497 e. The summed E-state index contributed by atoms with van der Waals surface area (Å²) in [4.78, 5) is 14.6. The van der Waals surface area contributed by atoms with Crippen LogP contribution in [0, 0.1) is 0 Å². The van der Waals surface area contributed by atoms with Gasteiger partial charge in [0, 0.05) is 12.7 Å². The molecule has 0 radical (unpaired) electrons. The second-order valence-corrected chi connectivity index (χ2v) is 3.96. The first-order valence-electron chi connectivity index (χ1n) is 5.53. The van der Waals surface area contributed by atoms with Crippen molar-refractivity contribution in [1.29, 1.82) is 0 Å². The minimum Gasteiger partial charge on any atom is -0.497 e. The molecular weight excluding hydrogens is 232 g/mol. The average molecular weight is 246 g/mol. The van der Waals surface area contributed by atoms with Gasteiger partial charge in [-0.15, -0.1) is 0 Å². The summed E-state index contributed by atoms with van der Waals surface area (Å²) in [7, 11) is 1.63. The monoisotopic (exact) mass is 246 g/mol. The van der Waals surface area contributed by atoms with Gasteiger partial charge in [0.05, 0.1) is 25.6 Å². The molecule has 1 aromatic carbocycles. The number of rotatable bonds is 5. The highest BCUT2D eigenvalue weighted by atomic mass is 16.5. The maximum absolute atomic E-state index is 10.5. The van der Waals surface area contributed by atoms with Gasteiger partial charge in [0.2, 0.25) is 0 Å². The molecule has 0 aliphatic carbocycles. The molecule has 2 rings (SSSR count). The van der Waals surface area contributed by atoms with Crippen molar-refractivity contribution in [3.8, 4) is 5.75 Å². The molecule has 0 saturated carbocycles. The Kier molecular flexibility index (Phi) is 3.62. The maximum atomic E-state index is 10.5. The van der Waals surface area contributed by atoms with Crippen molar-refractivity contribution in [2.45, 2.75) is 13.0 Å². The fraction of sp³-hybridized carbons (Fsp3) is 0.231. The molecule has 2 aromatic rings. The van der Waals surface area contributed by atoms with Crippen LogP contribution in [0.1, 0.15) is 11.3 Å². The van der Waals surface area contributed by atoms with Gasteiger partial charge < -0.3 is 14.4 Å². The molecule has 0 saturated heterocycles. The number of aromatic nitrogens is 2. The number of nitrogens with zero attached hydrogens (tertiary/aromatic N) is 2. The van der Waals surface area contributed by atoms with Crippen LogP contribution in [0.4, 0.5) is 0 Å². The van der Waals surface area contributed by atoms with E-state index >= 15 is 0 Å². The summed E-state index contributed by atoms with van der Waals surface area (Å²) in [5.41, 5.74) is 1.67. The summed E-state index contributed by atoms with van der Waals surface area (Å²) >= 11 is 0. The summed E-state index contributed by atoms with van der Waals surface area (Å²) < 4.78 is 6.94. The number of ether oxygens (including phenoxy) is 1. The van der Waals surface area contributed by atoms with Crippen molar-refractivity contribution in [2.75, 3.05) is 7.11 Å². The number of benzene rings is 1.